The quantitative estimate of drug-likeness (QED) is 0.898. The molecular weight excluding hydrogens is 292 g/mol. The maximum Gasteiger partial charge on any atom is 0.263 e. The number of rotatable bonds is 3. The Bertz CT molecular complexity index is 688. The lowest BCUT2D eigenvalue weighted by molar-refractivity contribution is 0.0908. The van der Waals surface area contributed by atoms with E-state index in [-0.39, 0.29) is 11.4 Å². The van der Waals surface area contributed by atoms with Crippen molar-refractivity contribution < 1.29 is 4.79 Å². The van der Waals surface area contributed by atoms with Gasteiger partial charge in [0.15, 0.2) is 0 Å². The standard InChI is InChI=1S/C15H17ClN2OS/c1-15(2,8-6-7-8)18-14(19)13-12(17)11-9(16)4-3-5-10(11)20-13/h3-5,8H,6-7,17H2,1-2H3,(H,18,19). The highest BCUT2D eigenvalue weighted by atomic mass is 35.5. The number of benzene rings is 1. The summed E-state index contributed by atoms with van der Waals surface area (Å²) in [7, 11) is 0. The van der Waals surface area contributed by atoms with Crippen molar-refractivity contribution in [3.63, 3.8) is 0 Å². The average Bonchev–Trinajstić information content (AvgIpc) is 3.15. The van der Waals surface area contributed by atoms with E-state index in [0.717, 1.165) is 10.1 Å². The van der Waals surface area contributed by atoms with Crippen molar-refractivity contribution in [1.82, 2.24) is 5.32 Å². The molecule has 1 aromatic heterocycles. The smallest absolute Gasteiger partial charge is 0.263 e. The number of amides is 1. The molecule has 0 spiro atoms. The van der Waals surface area contributed by atoms with E-state index in [1.807, 2.05) is 12.1 Å². The maximum absolute atomic E-state index is 12.5. The maximum atomic E-state index is 12.5. The largest absolute Gasteiger partial charge is 0.397 e. The Balaban J connectivity index is 1.96. The van der Waals surface area contributed by atoms with E-state index in [0.29, 0.717) is 21.5 Å². The third-order valence-corrected chi connectivity index (χ3v) is 5.43. The van der Waals surface area contributed by atoms with Crippen molar-refractivity contribution in [3.05, 3.63) is 28.1 Å². The fraction of sp³-hybridized carbons (Fsp3) is 0.400. The molecule has 1 amide bonds. The van der Waals surface area contributed by atoms with Crippen molar-refractivity contribution in [2.45, 2.75) is 32.2 Å². The molecule has 0 saturated heterocycles. The van der Waals surface area contributed by atoms with Gasteiger partial charge >= 0.3 is 0 Å². The minimum absolute atomic E-state index is 0.100. The minimum Gasteiger partial charge on any atom is -0.397 e. The van der Waals surface area contributed by atoms with Gasteiger partial charge in [0.25, 0.3) is 5.91 Å². The number of carbonyl (C=O) groups excluding carboxylic acids is 1. The summed E-state index contributed by atoms with van der Waals surface area (Å²) in [6, 6.07) is 5.60. The number of nitrogens with one attached hydrogen (secondary N) is 1. The van der Waals surface area contributed by atoms with Gasteiger partial charge in [-0.05, 0) is 44.7 Å². The van der Waals surface area contributed by atoms with Crippen molar-refractivity contribution in [3.8, 4) is 0 Å². The molecular formula is C15H17ClN2OS. The third kappa shape index (κ3) is 2.27. The van der Waals surface area contributed by atoms with Gasteiger partial charge in [0.2, 0.25) is 0 Å². The zero-order valence-corrected chi connectivity index (χ0v) is 13.1. The van der Waals surface area contributed by atoms with Crippen molar-refractivity contribution in [1.29, 1.82) is 0 Å². The molecule has 2 aromatic rings. The number of nitrogen functional groups attached to an aromatic ring is 1. The van der Waals surface area contributed by atoms with E-state index in [1.165, 1.54) is 24.2 Å². The topological polar surface area (TPSA) is 55.1 Å². The van der Waals surface area contributed by atoms with E-state index in [2.05, 4.69) is 19.2 Å². The number of nitrogens with two attached hydrogens (primary N) is 1. The fourth-order valence-electron chi connectivity index (χ4n) is 2.55. The summed E-state index contributed by atoms with van der Waals surface area (Å²) in [6.07, 6.45) is 2.36. The monoisotopic (exact) mass is 308 g/mol. The normalized spacial score (nSPS) is 15.6. The van der Waals surface area contributed by atoms with Gasteiger partial charge in [0.1, 0.15) is 4.88 Å². The molecule has 5 heteroatoms. The van der Waals surface area contributed by atoms with Gasteiger partial charge in [-0.15, -0.1) is 11.3 Å². The van der Waals surface area contributed by atoms with Crippen LogP contribution in [-0.4, -0.2) is 11.4 Å². The second-order valence-electron chi connectivity index (χ2n) is 5.91. The molecule has 1 aromatic carbocycles. The number of thiophene rings is 1. The van der Waals surface area contributed by atoms with Gasteiger partial charge in [-0.25, -0.2) is 0 Å². The first-order valence-corrected chi connectivity index (χ1v) is 7.88. The SMILES string of the molecule is CC(C)(NC(=O)c1sc2cccc(Cl)c2c1N)C1CC1. The molecule has 1 saturated carbocycles. The predicted octanol–water partition coefficient (Wildman–Crippen LogP) is 4.06. The van der Waals surface area contributed by atoms with Crippen LogP contribution in [0.2, 0.25) is 5.02 Å². The lowest BCUT2D eigenvalue weighted by Crippen LogP contribution is -2.45. The molecule has 0 radical (unpaired) electrons. The average molecular weight is 309 g/mol. The number of halogens is 1. The molecule has 3 nitrogen and oxygen atoms in total. The highest BCUT2D eigenvalue weighted by molar-refractivity contribution is 7.21. The Morgan fingerprint density at radius 2 is 2.15 bits per heavy atom. The molecule has 0 aliphatic heterocycles. The van der Waals surface area contributed by atoms with Crippen LogP contribution < -0.4 is 11.1 Å². The summed E-state index contributed by atoms with van der Waals surface area (Å²) in [6.45, 7) is 4.14. The highest BCUT2D eigenvalue weighted by Crippen LogP contribution is 2.41. The number of hydrogen-bond acceptors (Lipinski definition) is 3. The molecule has 106 valence electrons. The Kier molecular flexibility index (Phi) is 3.18. The fourth-order valence-corrected chi connectivity index (χ4v) is 3.93. The van der Waals surface area contributed by atoms with E-state index in [1.54, 1.807) is 6.07 Å². The van der Waals surface area contributed by atoms with Crippen LogP contribution in [0.25, 0.3) is 10.1 Å². The summed E-state index contributed by atoms with van der Waals surface area (Å²) in [5, 5.41) is 4.48. The first-order chi connectivity index (χ1) is 9.40. The summed E-state index contributed by atoms with van der Waals surface area (Å²) in [5.41, 5.74) is 6.43. The molecule has 1 fully saturated rings. The molecule has 1 aliphatic carbocycles. The van der Waals surface area contributed by atoms with Crippen LogP contribution >= 0.6 is 22.9 Å². The Morgan fingerprint density at radius 1 is 1.45 bits per heavy atom. The Labute approximate surface area is 127 Å². The summed E-state index contributed by atoms with van der Waals surface area (Å²) >= 11 is 7.57. The minimum atomic E-state index is -0.177. The lowest BCUT2D eigenvalue weighted by atomic mass is 9.98. The zero-order valence-electron chi connectivity index (χ0n) is 11.5. The number of anilines is 1. The van der Waals surface area contributed by atoms with Crippen LogP contribution in [0.3, 0.4) is 0 Å². The van der Waals surface area contributed by atoms with E-state index >= 15 is 0 Å². The zero-order chi connectivity index (χ0) is 14.5. The second-order valence-corrected chi connectivity index (χ2v) is 7.37. The molecule has 3 rings (SSSR count). The molecule has 1 aliphatic rings. The van der Waals surface area contributed by atoms with Crippen molar-refractivity contribution >= 4 is 44.6 Å². The van der Waals surface area contributed by atoms with Crippen molar-refractivity contribution in [2.75, 3.05) is 5.73 Å². The van der Waals surface area contributed by atoms with Crippen LogP contribution in [0.4, 0.5) is 5.69 Å². The number of carbonyl (C=O) groups is 1. The molecule has 0 unspecified atom stereocenters. The van der Waals surface area contributed by atoms with Crippen LogP contribution in [0.15, 0.2) is 18.2 Å². The number of fused-ring (bicyclic) bond motifs is 1. The first kappa shape index (κ1) is 13.7. The molecule has 0 bridgehead atoms. The number of hydrogen-bond donors (Lipinski definition) is 2. The van der Waals surface area contributed by atoms with Gasteiger partial charge in [-0.2, -0.15) is 0 Å². The summed E-state index contributed by atoms with van der Waals surface area (Å²) in [5.74, 6) is 0.474. The molecule has 20 heavy (non-hydrogen) atoms. The van der Waals surface area contributed by atoms with Gasteiger partial charge < -0.3 is 11.1 Å². The summed E-state index contributed by atoms with van der Waals surface area (Å²) in [4.78, 5) is 13.0. The van der Waals surface area contributed by atoms with E-state index < -0.39 is 0 Å². The highest BCUT2D eigenvalue weighted by Gasteiger charge is 2.39. The Hall–Kier alpha value is -1.26. The second kappa shape index (κ2) is 4.64. The first-order valence-electron chi connectivity index (χ1n) is 6.69. The van der Waals surface area contributed by atoms with Crippen molar-refractivity contribution in [2.24, 2.45) is 5.92 Å². The van der Waals surface area contributed by atoms with Gasteiger partial charge in [-0.3, -0.25) is 4.79 Å². The predicted molar refractivity (Wildman–Crippen MR) is 85.5 cm³/mol. The van der Waals surface area contributed by atoms with Crippen LogP contribution in [-0.2, 0) is 0 Å². The van der Waals surface area contributed by atoms with Crippen LogP contribution in [0.1, 0.15) is 36.4 Å². The molecule has 0 atom stereocenters. The van der Waals surface area contributed by atoms with Gasteiger partial charge in [0.05, 0.1) is 10.7 Å². The van der Waals surface area contributed by atoms with Crippen LogP contribution in [0, 0.1) is 5.92 Å². The third-order valence-electron chi connectivity index (χ3n) is 3.94. The van der Waals surface area contributed by atoms with E-state index in [9.17, 15) is 4.79 Å². The van der Waals surface area contributed by atoms with Gasteiger partial charge in [0, 0.05) is 15.6 Å². The lowest BCUT2D eigenvalue weighted by Gasteiger charge is -2.25. The molecule has 1 heterocycles. The molecule has 3 N–H and O–H groups in total. The van der Waals surface area contributed by atoms with E-state index in [4.69, 9.17) is 17.3 Å². The van der Waals surface area contributed by atoms with Crippen LogP contribution in [0.5, 0.6) is 0 Å². The Morgan fingerprint density at radius 3 is 2.75 bits per heavy atom. The van der Waals surface area contributed by atoms with Gasteiger partial charge in [-0.1, -0.05) is 17.7 Å². The summed E-state index contributed by atoms with van der Waals surface area (Å²) < 4.78 is 0.948.